The van der Waals surface area contributed by atoms with Crippen LogP contribution in [-0.4, -0.2) is 32.4 Å². The van der Waals surface area contributed by atoms with E-state index in [4.69, 9.17) is 16.3 Å². The van der Waals surface area contributed by atoms with Crippen molar-refractivity contribution in [1.82, 2.24) is 19.8 Å². The van der Waals surface area contributed by atoms with E-state index in [9.17, 15) is 4.79 Å². The average Bonchev–Trinajstić information content (AvgIpc) is 3.04. The highest BCUT2D eigenvalue weighted by atomic mass is 35.5. The number of fused-ring (bicyclic) bond motifs is 1. The number of rotatable bonds is 10. The Morgan fingerprint density at radius 1 is 1.28 bits per heavy atom. The molecule has 0 aromatic carbocycles. The summed E-state index contributed by atoms with van der Waals surface area (Å²) in [4.78, 5) is 16.2. The third-order valence-corrected chi connectivity index (χ3v) is 4.81. The van der Waals surface area contributed by atoms with Gasteiger partial charge < -0.3 is 4.74 Å². The summed E-state index contributed by atoms with van der Waals surface area (Å²) in [5.74, 6) is 1.74. The van der Waals surface area contributed by atoms with Crippen LogP contribution >= 0.6 is 11.6 Å². The molecule has 0 saturated heterocycles. The van der Waals surface area contributed by atoms with Gasteiger partial charge in [-0.15, -0.1) is 5.10 Å². The number of ether oxygens (including phenoxy) is 1. The van der Waals surface area contributed by atoms with Gasteiger partial charge in [-0.25, -0.2) is 4.98 Å². The zero-order chi connectivity index (χ0) is 18.4. The van der Waals surface area contributed by atoms with E-state index in [-0.39, 0.29) is 12.4 Å². The first-order valence-corrected chi connectivity index (χ1v) is 9.50. The third-order valence-electron chi connectivity index (χ3n) is 4.36. The zero-order valence-electron chi connectivity index (χ0n) is 15.6. The highest BCUT2D eigenvalue weighted by molar-refractivity contribution is 6.34. The van der Waals surface area contributed by atoms with Crippen molar-refractivity contribution in [1.29, 1.82) is 0 Å². The van der Waals surface area contributed by atoms with Crippen molar-refractivity contribution in [2.75, 3.05) is 6.61 Å². The molecule has 25 heavy (non-hydrogen) atoms. The number of hydrogen-bond donors (Lipinski definition) is 1. The predicted molar refractivity (Wildman–Crippen MR) is 98.8 cm³/mol. The Labute approximate surface area is 154 Å². The maximum absolute atomic E-state index is 11.9. The SMILES string of the molecule is Cc1[nH]n2nc(CCC(=O)OCCC(C)CCCC(C)C)nc2c1Cl. The summed E-state index contributed by atoms with van der Waals surface area (Å²) in [6, 6.07) is 0. The van der Waals surface area contributed by atoms with E-state index in [0.29, 0.717) is 35.4 Å². The lowest BCUT2D eigenvalue weighted by molar-refractivity contribution is -0.144. The summed E-state index contributed by atoms with van der Waals surface area (Å²) in [6.45, 7) is 9.07. The van der Waals surface area contributed by atoms with Gasteiger partial charge in [0.15, 0.2) is 11.5 Å². The smallest absolute Gasteiger partial charge is 0.306 e. The molecule has 0 bridgehead atoms. The monoisotopic (exact) mass is 368 g/mol. The molecule has 2 aromatic rings. The summed E-state index contributed by atoms with van der Waals surface area (Å²) in [5.41, 5.74) is 1.42. The van der Waals surface area contributed by atoms with Gasteiger partial charge in [-0.1, -0.05) is 51.6 Å². The molecule has 1 unspecified atom stereocenters. The fourth-order valence-electron chi connectivity index (χ4n) is 2.74. The summed E-state index contributed by atoms with van der Waals surface area (Å²) < 4.78 is 6.86. The fraction of sp³-hybridized carbons (Fsp3) is 0.722. The van der Waals surface area contributed by atoms with Gasteiger partial charge in [0.2, 0.25) is 0 Å². The van der Waals surface area contributed by atoms with Gasteiger partial charge in [-0.05, 0) is 25.2 Å². The molecule has 0 saturated carbocycles. The minimum absolute atomic E-state index is 0.199. The largest absolute Gasteiger partial charge is 0.466 e. The molecule has 0 amide bonds. The van der Waals surface area contributed by atoms with Gasteiger partial charge in [0.1, 0.15) is 5.02 Å². The van der Waals surface area contributed by atoms with Crippen LogP contribution < -0.4 is 0 Å². The molecule has 0 radical (unpaired) electrons. The number of hydrogen-bond acceptors (Lipinski definition) is 4. The summed E-state index contributed by atoms with van der Waals surface area (Å²) in [5, 5.41) is 7.84. The molecule has 2 heterocycles. The number of aromatic amines is 1. The van der Waals surface area contributed by atoms with Gasteiger partial charge in [0.05, 0.1) is 18.7 Å². The molecule has 2 rings (SSSR count). The normalized spacial score (nSPS) is 12.9. The topological polar surface area (TPSA) is 72.3 Å². The second-order valence-electron chi connectivity index (χ2n) is 7.25. The van der Waals surface area contributed by atoms with Crippen LogP contribution in [0.4, 0.5) is 0 Å². The van der Waals surface area contributed by atoms with Crippen LogP contribution in [-0.2, 0) is 16.0 Å². The van der Waals surface area contributed by atoms with Gasteiger partial charge >= 0.3 is 5.97 Å². The van der Waals surface area contributed by atoms with Crippen molar-refractivity contribution in [3.05, 3.63) is 16.5 Å². The number of H-pyrrole nitrogens is 1. The van der Waals surface area contributed by atoms with E-state index in [1.807, 2.05) is 6.92 Å². The maximum Gasteiger partial charge on any atom is 0.306 e. The Bertz CT molecular complexity index is 693. The molecule has 0 spiro atoms. The van der Waals surface area contributed by atoms with E-state index in [2.05, 4.69) is 36.0 Å². The standard InChI is InChI=1S/C18H29ClN4O2/c1-12(2)6-5-7-13(3)10-11-25-16(24)9-8-15-20-18-17(19)14(4)21-23(18)22-15/h12-13,21H,5-11H2,1-4H3. The quantitative estimate of drug-likeness (QED) is 0.633. The molecule has 2 aromatic heterocycles. The van der Waals surface area contributed by atoms with E-state index < -0.39 is 0 Å². The number of esters is 1. The predicted octanol–water partition coefficient (Wildman–Crippen LogP) is 4.35. The second kappa shape index (κ2) is 9.22. The third kappa shape index (κ3) is 6.03. The number of nitrogens with one attached hydrogen (secondary N) is 1. The van der Waals surface area contributed by atoms with E-state index in [1.165, 1.54) is 23.9 Å². The van der Waals surface area contributed by atoms with E-state index >= 15 is 0 Å². The lowest BCUT2D eigenvalue weighted by Gasteiger charge is -2.12. The van der Waals surface area contributed by atoms with Crippen molar-refractivity contribution >= 4 is 23.2 Å². The van der Waals surface area contributed by atoms with Crippen molar-refractivity contribution in [3.63, 3.8) is 0 Å². The molecule has 7 heteroatoms. The Balaban J connectivity index is 1.64. The molecular weight excluding hydrogens is 340 g/mol. The second-order valence-corrected chi connectivity index (χ2v) is 7.63. The van der Waals surface area contributed by atoms with Crippen LogP contribution in [0.5, 0.6) is 0 Å². The van der Waals surface area contributed by atoms with Crippen LogP contribution in [0.2, 0.25) is 5.02 Å². The maximum atomic E-state index is 11.9. The highest BCUT2D eigenvalue weighted by Crippen LogP contribution is 2.19. The van der Waals surface area contributed by atoms with E-state index in [1.54, 1.807) is 0 Å². The Morgan fingerprint density at radius 3 is 2.72 bits per heavy atom. The first-order chi connectivity index (χ1) is 11.9. The first kappa shape index (κ1) is 19.8. The molecular formula is C18H29ClN4O2. The number of carbonyl (C=O) groups is 1. The number of nitrogens with zero attached hydrogens (tertiary/aromatic N) is 3. The molecule has 0 aliphatic heterocycles. The average molecular weight is 369 g/mol. The molecule has 0 fully saturated rings. The van der Waals surface area contributed by atoms with E-state index in [0.717, 1.165) is 18.0 Å². The van der Waals surface area contributed by atoms with Gasteiger partial charge in [-0.2, -0.15) is 4.63 Å². The summed E-state index contributed by atoms with van der Waals surface area (Å²) >= 11 is 6.12. The molecule has 0 aliphatic rings. The molecule has 1 atom stereocenters. The van der Waals surface area contributed by atoms with Gasteiger partial charge in [0, 0.05) is 6.42 Å². The van der Waals surface area contributed by atoms with Crippen LogP contribution in [0, 0.1) is 18.8 Å². The Kier molecular flexibility index (Phi) is 7.29. The molecule has 0 aliphatic carbocycles. The minimum atomic E-state index is -0.199. The number of aryl methyl sites for hydroxylation is 2. The first-order valence-electron chi connectivity index (χ1n) is 9.12. The van der Waals surface area contributed by atoms with Crippen molar-refractivity contribution in [2.24, 2.45) is 11.8 Å². The summed E-state index contributed by atoms with van der Waals surface area (Å²) in [7, 11) is 0. The van der Waals surface area contributed by atoms with Gasteiger partial charge in [0.25, 0.3) is 0 Å². The molecule has 140 valence electrons. The number of halogens is 1. The molecule has 1 N–H and O–H groups in total. The van der Waals surface area contributed by atoms with Crippen LogP contribution in [0.25, 0.3) is 5.65 Å². The number of aromatic nitrogens is 4. The van der Waals surface area contributed by atoms with Gasteiger partial charge in [-0.3, -0.25) is 9.89 Å². The Hall–Kier alpha value is -1.56. The molecule has 6 nitrogen and oxygen atoms in total. The van der Waals surface area contributed by atoms with Crippen LogP contribution in [0.3, 0.4) is 0 Å². The minimum Gasteiger partial charge on any atom is -0.466 e. The lowest BCUT2D eigenvalue weighted by atomic mass is 9.98. The lowest BCUT2D eigenvalue weighted by Crippen LogP contribution is -2.10. The zero-order valence-corrected chi connectivity index (χ0v) is 16.4. The van der Waals surface area contributed by atoms with Crippen LogP contribution in [0.15, 0.2) is 0 Å². The Morgan fingerprint density at radius 2 is 2.04 bits per heavy atom. The number of carbonyl (C=O) groups excluding carboxylic acids is 1. The van der Waals surface area contributed by atoms with Crippen molar-refractivity contribution in [2.45, 2.75) is 66.2 Å². The van der Waals surface area contributed by atoms with Crippen molar-refractivity contribution < 1.29 is 9.53 Å². The fourth-order valence-corrected chi connectivity index (χ4v) is 2.90. The van der Waals surface area contributed by atoms with Crippen molar-refractivity contribution in [3.8, 4) is 0 Å². The summed E-state index contributed by atoms with van der Waals surface area (Å²) in [6.07, 6.45) is 5.36. The van der Waals surface area contributed by atoms with Crippen LogP contribution in [0.1, 0.15) is 64.4 Å². The highest BCUT2D eigenvalue weighted by Gasteiger charge is 2.13.